The maximum atomic E-state index is 9.91. The third-order valence-electron chi connectivity index (χ3n) is 4.34. The highest BCUT2D eigenvalue weighted by atomic mass is 28.4. The second-order valence-electron chi connectivity index (χ2n) is 8.88. The second-order valence-corrected chi connectivity index (χ2v) is 16.7. The molecule has 2 N–H and O–H groups in total. The number of hydrogen-bond donors (Lipinski definition) is 2. The lowest BCUT2D eigenvalue weighted by molar-refractivity contribution is 0.349. The van der Waals surface area contributed by atoms with Crippen LogP contribution < -0.4 is 9.47 Å². The Labute approximate surface area is 165 Å². The standard InChI is InChI=1S/C21H32O4Si2/c1-21(2,17-7-11-19(12-8-17)24-15-26(3,4)22)18-9-13-20(14-10-18)25-16-27(5,6)23/h7-14,22-23H,15-16H2,1-6H3. The van der Waals surface area contributed by atoms with E-state index >= 15 is 0 Å². The van der Waals surface area contributed by atoms with E-state index in [1.54, 1.807) is 0 Å². The van der Waals surface area contributed by atoms with Gasteiger partial charge in [0.25, 0.3) is 0 Å². The summed E-state index contributed by atoms with van der Waals surface area (Å²) in [5.74, 6) is 1.56. The van der Waals surface area contributed by atoms with Crippen molar-refractivity contribution in [1.29, 1.82) is 0 Å². The zero-order valence-electron chi connectivity index (χ0n) is 17.2. The molecule has 0 saturated heterocycles. The van der Waals surface area contributed by atoms with Crippen LogP contribution in [0.1, 0.15) is 25.0 Å². The van der Waals surface area contributed by atoms with E-state index in [-0.39, 0.29) is 5.41 Å². The number of hydrogen-bond acceptors (Lipinski definition) is 4. The molecule has 0 bridgehead atoms. The first-order chi connectivity index (χ1) is 12.4. The molecule has 0 unspecified atom stereocenters. The van der Waals surface area contributed by atoms with Crippen molar-refractivity contribution in [2.24, 2.45) is 0 Å². The zero-order valence-corrected chi connectivity index (χ0v) is 19.2. The molecule has 0 aliphatic rings. The second kappa shape index (κ2) is 8.18. The SMILES string of the molecule is CC(C)(c1ccc(OC[Si](C)(C)O)cc1)c1ccc(OC[Si](C)(C)O)cc1. The maximum Gasteiger partial charge on any atom is 0.220 e. The van der Waals surface area contributed by atoms with Crippen LogP contribution in [0.2, 0.25) is 26.2 Å². The fourth-order valence-electron chi connectivity index (χ4n) is 2.62. The van der Waals surface area contributed by atoms with E-state index in [0.717, 1.165) is 11.5 Å². The van der Waals surface area contributed by atoms with Crippen molar-refractivity contribution in [1.82, 2.24) is 0 Å². The average molecular weight is 405 g/mol. The van der Waals surface area contributed by atoms with Crippen LogP contribution in [-0.2, 0) is 5.41 Å². The van der Waals surface area contributed by atoms with Crippen molar-refractivity contribution in [2.45, 2.75) is 45.5 Å². The number of ether oxygens (including phenoxy) is 2. The smallest absolute Gasteiger partial charge is 0.220 e. The van der Waals surface area contributed by atoms with Crippen molar-refractivity contribution in [3.63, 3.8) is 0 Å². The van der Waals surface area contributed by atoms with Gasteiger partial charge in [-0.3, -0.25) is 0 Å². The molecule has 0 saturated carbocycles. The highest BCUT2D eigenvalue weighted by Crippen LogP contribution is 2.33. The van der Waals surface area contributed by atoms with Gasteiger partial charge >= 0.3 is 0 Å². The van der Waals surface area contributed by atoms with Crippen LogP contribution in [0.4, 0.5) is 0 Å². The van der Waals surface area contributed by atoms with Gasteiger partial charge in [0, 0.05) is 5.41 Å². The third kappa shape index (κ3) is 6.81. The molecule has 2 rings (SSSR count). The van der Waals surface area contributed by atoms with E-state index < -0.39 is 16.6 Å². The Morgan fingerprint density at radius 2 is 0.963 bits per heavy atom. The molecule has 0 aliphatic carbocycles. The first-order valence-corrected chi connectivity index (χ1v) is 15.6. The van der Waals surface area contributed by atoms with Gasteiger partial charge in [-0.25, -0.2) is 0 Å². The molecule has 148 valence electrons. The Morgan fingerprint density at radius 3 is 1.22 bits per heavy atom. The van der Waals surface area contributed by atoms with Crippen LogP contribution in [0.25, 0.3) is 0 Å². The fraction of sp³-hybridized carbons (Fsp3) is 0.429. The van der Waals surface area contributed by atoms with Crippen molar-refractivity contribution in [2.75, 3.05) is 12.5 Å². The van der Waals surface area contributed by atoms with Crippen LogP contribution in [0.15, 0.2) is 48.5 Å². The summed E-state index contributed by atoms with van der Waals surface area (Å²) >= 11 is 0. The molecule has 0 heterocycles. The summed E-state index contributed by atoms with van der Waals surface area (Å²) in [6.45, 7) is 11.8. The van der Waals surface area contributed by atoms with Crippen LogP contribution in [-0.4, -0.2) is 38.7 Å². The van der Waals surface area contributed by atoms with Crippen molar-refractivity contribution in [3.8, 4) is 11.5 Å². The molecule has 0 spiro atoms. The summed E-state index contributed by atoms with van der Waals surface area (Å²) < 4.78 is 11.4. The summed E-state index contributed by atoms with van der Waals surface area (Å²) in [4.78, 5) is 19.8. The fourth-order valence-corrected chi connectivity index (χ4v) is 3.66. The monoisotopic (exact) mass is 404 g/mol. The first kappa shape index (κ1) is 21.7. The van der Waals surface area contributed by atoms with Crippen molar-refractivity contribution in [3.05, 3.63) is 59.7 Å². The molecule has 27 heavy (non-hydrogen) atoms. The van der Waals surface area contributed by atoms with E-state index in [2.05, 4.69) is 38.1 Å². The van der Waals surface area contributed by atoms with Gasteiger partial charge in [0.2, 0.25) is 16.6 Å². The quantitative estimate of drug-likeness (QED) is 0.646. The number of benzene rings is 2. The minimum Gasteiger partial charge on any atom is -0.494 e. The molecule has 2 aromatic carbocycles. The summed E-state index contributed by atoms with van der Waals surface area (Å²) in [5.41, 5.74) is 2.22. The van der Waals surface area contributed by atoms with Crippen LogP contribution in [0, 0.1) is 0 Å². The first-order valence-electron chi connectivity index (χ1n) is 9.28. The third-order valence-corrected chi connectivity index (χ3v) is 6.04. The average Bonchev–Trinajstić information content (AvgIpc) is 2.58. The van der Waals surface area contributed by atoms with E-state index in [9.17, 15) is 9.59 Å². The predicted molar refractivity (Wildman–Crippen MR) is 115 cm³/mol. The minimum atomic E-state index is -2.21. The molecule has 6 heteroatoms. The number of rotatable bonds is 8. The summed E-state index contributed by atoms with van der Waals surface area (Å²) in [5, 5.41) is 0. The Balaban J connectivity index is 2.08. The largest absolute Gasteiger partial charge is 0.494 e. The lowest BCUT2D eigenvalue weighted by Crippen LogP contribution is -2.34. The van der Waals surface area contributed by atoms with Crippen LogP contribution >= 0.6 is 0 Å². The zero-order chi connectivity index (χ0) is 20.3. The van der Waals surface area contributed by atoms with Crippen molar-refractivity contribution < 1.29 is 19.1 Å². The normalized spacial score (nSPS) is 12.7. The molecule has 0 atom stereocenters. The summed E-state index contributed by atoms with van der Waals surface area (Å²) in [6, 6.07) is 16.1. The van der Waals surface area contributed by atoms with Crippen LogP contribution in [0.3, 0.4) is 0 Å². The molecule has 0 aliphatic heterocycles. The lowest BCUT2D eigenvalue weighted by atomic mass is 9.78. The van der Waals surface area contributed by atoms with E-state index in [0.29, 0.717) is 12.5 Å². The lowest BCUT2D eigenvalue weighted by Gasteiger charge is -2.27. The summed E-state index contributed by atoms with van der Waals surface area (Å²) in [7, 11) is -4.43. The van der Waals surface area contributed by atoms with Gasteiger partial charge in [0.15, 0.2) is 0 Å². The van der Waals surface area contributed by atoms with Gasteiger partial charge in [-0.2, -0.15) is 0 Å². The molecule has 0 radical (unpaired) electrons. The van der Waals surface area contributed by atoms with Crippen molar-refractivity contribution >= 4 is 16.6 Å². The van der Waals surface area contributed by atoms with Gasteiger partial charge in [-0.1, -0.05) is 38.1 Å². The molecular weight excluding hydrogens is 372 g/mol. The Morgan fingerprint density at radius 1 is 0.667 bits per heavy atom. The summed E-state index contributed by atoms with van der Waals surface area (Å²) in [6.07, 6.45) is 0.787. The van der Waals surface area contributed by atoms with Gasteiger partial charge in [-0.15, -0.1) is 0 Å². The molecule has 4 nitrogen and oxygen atoms in total. The molecule has 2 aromatic rings. The molecule has 0 fully saturated rings. The van der Waals surface area contributed by atoms with E-state index in [4.69, 9.17) is 9.47 Å². The minimum absolute atomic E-state index is 0.160. The van der Waals surface area contributed by atoms with Gasteiger partial charge in [0.1, 0.15) is 24.0 Å². The Hall–Kier alpha value is -1.61. The van der Waals surface area contributed by atoms with Gasteiger partial charge in [0.05, 0.1) is 0 Å². The Bertz CT molecular complexity index is 663. The van der Waals surface area contributed by atoms with Gasteiger partial charge in [-0.05, 0) is 61.6 Å². The highest BCUT2D eigenvalue weighted by molar-refractivity contribution is 6.70. The van der Waals surface area contributed by atoms with Gasteiger partial charge < -0.3 is 19.1 Å². The van der Waals surface area contributed by atoms with E-state index in [1.165, 1.54) is 11.1 Å². The maximum absolute atomic E-state index is 9.91. The van der Waals surface area contributed by atoms with E-state index in [1.807, 2.05) is 50.5 Å². The highest BCUT2D eigenvalue weighted by Gasteiger charge is 2.24. The van der Waals surface area contributed by atoms with Crippen LogP contribution in [0.5, 0.6) is 11.5 Å². The predicted octanol–water partition coefficient (Wildman–Crippen LogP) is 4.24. The molecular formula is C21H32O4Si2. The molecule has 0 amide bonds. The Kier molecular flexibility index (Phi) is 6.57. The molecule has 0 aromatic heterocycles. The topological polar surface area (TPSA) is 58.9 Å².